The number of hydrogen-bond donors (Lipinski definition) is 2. The summed E-state index contributed by atoms with van der Waals surface area (Å²) in [4.78, 5) is 2.05. The van der Waals surface area contributed by atoms with Gasteiger partial charge in [-0.3, -0.25) is 0 Å². The highest BCUT2D eigenvalue weighted by atomic mass is 19.1. The Morgan fingerprint density at radius 3 is 2.55 bits per heavy atom. The maximum Gasteiger partial charge on any atom is 0.123 e. The summed E-state index contributed by atoms with van der Waals surface area (Å²) in [5.41, 5.74) is 7.90. The van der Waals surface area contributed by atoms with Crippen LogP contribution in [0.25, 0.3) is 0 Å². The fourth-order valence-electron chi connectivity index (χ4n) is 2.07. The second-order valence-electron chi connectivity index (χ2n) is 4.89. The van der Waals surface area contributed by atoms with Gasteiger partial charge in [0.1, 0.15) is 11.6 Å². The number of hydrogen-bond acceptors (Lipinski definition) is 3. The Kier molecular flexibility index (Phi) is 4.58. The van der Waals surface area contributed by atoms with Gasteiger partial charge in [-0.25, -0.2) is 4.39 Å². The van der Waals surface area contributed by atoms with E-state index in [1.807, 2.05) is 25.2 Å². The molecule has 0 saturated carbocycles. The second-order valence-corrected chi connectivity index (χ2v) is 4.89. The van der Waals surface area contributed by atoms with Crippen LogP contribution in [0.5, 0.6) is 5.75 Å². The van der Waals surface area contributed by atoms with Crippen LogP contribution in [-0.4, -0.2) is 18.7 Å². The Morgan fingerprint density at radius 1 is 1.20 bits per heavy atom. The lowest BCUT2D eigenvalue weighted by Gasteiger charge is -2.21. The van der Waals surface area contributed by atoms with Crippen molar-refractivity contribution in [1.82, 2.24) is 0 Å². The van der Waals surface area contributed by atoms with E-state index in [9.17, 15) is 9.50 Å². The number of nitrogens with zero attached hydrogens (tertiary/aromatic N) is 1. The average molecular weight is 274 g/mol. The van der Waals surface area contributed by atoms with Crippen molar-refractivity contribution in [1.29, 1.82) is 0 Å². The second kappa shape index (κ2) is 6.39. The van der Waals surface area contributed by atoms with Crippen LogP contribution in [0.15, 0.2) is 48.5 Å². The fraction of sp³-hybridized carbons (Fsp3) is 0.250. The number of anilines is 1. The monoisotopic (exact) mass is 274 g/mol. The van der Waals surface area contributed by atoms with Gasteiger partial charge >= 0.3 is 0 Å². The summed E-state index contributed by atoms with van der Waals surface area (Å²) in [6.45, 7) is 0.752. The zero-order valence-corrected chi connectivity index (χ0v) is 11.5. The molecule has 0 bridgehead atoms. The van der Waals surface area contributed by atoms with Crippen molar-refractivity contribution >= 4 is 5.69 Å². The summed E-state index contributed by atoms with van der Waals surface area (Å²) in [5.74, 6) is -0.0107. The van der Waals surface area contributed by atoms with Gasteiger partial charge in [-0.1, -0.05) is 12.1 Å². The zero-order valence-electron chi connectivity index (χ0n) is 11.5. The summed E-state index contributed by atoms with van der Waals surface area (Å²) >= 11 is 0. The van der Waals surface area contributed by atoms with Crippen molar-refractivity contribution in [2.45, 2.75) is 12.5 Å². The number of nitrogens with two attached hydrogens (primary N) is 1. The van der Waals surface area contributed by atoms with Crippen LogP contribution in [0.4, 0.5) is 10.1 Å². The quantitative estimate of drug-likeness (QED) is 0.881. The molecule has 0 fully saturated rings. The Morgan fingerprint density at radius 2 is 1.90 bits per heavy atom. The molecular formula is C16H19FN2O. The van der Waals surface area contributed by atoms with Gasteiger partial charge in [0.05, 0.1) is 0 Å². The number of phenolic OH excluding ortho intramolecular Hbond substituents is 1. The number of aromatic hydroxyl groups is 1. The van der Waals surface area contributed by atoms with Crippen molar-refractivity contribution in [3.8, 4) is 5.75 Å². The van der Waals surface area contributed by atoms with Crippen LogP contribution in [0.1, 0.15) is 18.0 Å². The van der Waals surface area contributed by atoms with E-state index in [0.29, 0.717) is 0 Å². The van der Waals surface area contributed by atoms with E-state index in [0.717, 1.165) is 24.2 Å². The Hall–Kier alpha value is -2.07. The molecule has 2 aromatic rings. The Balaban J connectivity index is 1.93. The Labute approximate surface area is 118 Å². The highest BCUT2D eigenvalue weighted by Gasteiger charge is 2.09. The molecule has 0 aromatic heterocycles. The number of phenols is 1. The average Bonchev–Trinajstić information content (AvgIpc) is 2.45. The van der Waals surface area contributed by atoms with E-state index >= 15 is 0 Å². The molecule has 1 atom stereocenters. The first-order valence-corrected chi connectivity index (χ1v) is 6.57. The fourth-order valence-corrected chi connectivity index (χ4v) is 2.07. The van der Waals surface area contributed by atoms with Crippen LogP contribution < -0.4 is 10.6 Å². The molecule has 0 spiro atoms. The van der Waals surface area contributed by atoms with Crippen molar-refractivity contribution in [2.24, 2.45) is 5.73 Å². The molecule has 3 nitrogen and oxygen atoms in total. The summed E-state index contributed by atoms with van der Waals surface area (Å²) in [6, 6.07) is 13.2. The van der Waals surface area contributed by atoms with Crippen LogP contribution in [0, 0.1) is 5.82 Å². The van der Waals surface area contributed by atoms with Crippen LogP contribution in [-0.2, 0) is 0 Å². The third-order valence-corrected chi connectivity index (χ3v) is 3.34. The molecule has 0 heterocycles. The molecule has 0 aliphatic rings. The lowest BCUT2D eigenvalue weighted by Crippen LogP contribution is -2.23. The SMILES string of the molecule is CN(CCC(N)c1cccc(F)c1)c1ccc(O)cc1. The number of halogens is 1. The summed E-state index contributed by atoms with van der Waals surface area (Å²) in [5, 5.41) is 9.26. The van der Waals surface area contributed by atoms with Crippen LogP contribution in [0.3, 0.4) is 0 Å². The van der Waals surface area contributed by atoms with Crippen LogP contribution >= 0.6 is 0 Å². The van der Waals surface area contributed by atoms with E-state index in [4.69, 9.17) is 5.73 Å². The molecule has 0 radical (unpaired) electrons. The van der Waals surface area contributed by atoms with Crippen molar-refractivity contribution in [3.63, 3.8) is 0 Å². The van der Waals surface area contributed by atoms with Crippen molar-refractivity contribution in [3.05, 3.63) is 59.9 Å². The molecule has 0 amide bonds. The maximum atomic E-state index is 13.1. The minimum Gasteiger partial charge on any atom is -0.508 e. The van der Waals surface area contributed by atoms with E-state index in [-0.39, 0.29) is 17.6 Å². The van der Waals surface area contributed by atoms with Gasteiger partial charge in [-0.05, 0) is 48.4 Å². The topological polar surface area (TPSA) is 49.5 Å². The molecule has 0 aliphatic heterocycles. The number of benzene rings is 2. The molecular weight excluding hydrogens is 255 g/mol. The molecule has 0 aliphatic carbocycles. The summed E-state index contributed by atoms with van der Waals surface area (Å²) < 4.78 is 13.1. The minimum absolute atomic E-state index is 0.190. The van der Waals surface area contributed by atoms with Gasteiger partial charge in [-0.15, -0.1) is 0 Å². The molecule has 0 saturated heterocycles. The first kappa shape index (κ1) is 14.3. The highest BCUT2D eigenvalue weighted by molar-refractivity contribution is 5.48. The van der Waals surface area contributed by atoms with E-state index in [2.05, 4.69) is 4.90 Å². The molecule has 106 valence electrons. The van der Waals surface area contributed by atoms with Gasteiger partial charge in [0.25, 0.3) is 0 Å². The highest BCUT2D eigenvalue weighted by Crippen LogP contribution is 2.20. The predicted octanol–water partition coefficient (Wildman–Crippen LogP) is 3.06. The lowest BCUT2D eigenvalue weighted by atomic mass is 10.0. The molecule has 2 aromatic carbocycles. The van der Waals surface area contributed by atoms with Crippen LogP contribution in [0.2, 0.25) is 0 Å². The zero-order chi connectivity index (χ0) is 14.5. The lowest BCUT2D eigenvalue weighted by molar-refractivity contribution is 0.475. The van der Waals surface area contributed by atoms with Gasteiger partial charge in [0, 0.05) is 25.3 Å². The van der Waals surface area contributed by atoms with Gasteiger partial charge in [0.2, 0.25) is 0 Å². The Bertz CT molecular complexity index is 557. The molecule has 4 heteroatoms. The van der Waals surface area contributed by atoms with E-state index in [1.165, 1.54) is 12.1 Å². The van der Waals surface area contributed by atoms with Gasteiger partial charge in [-0.2, -0.15) is 0 Å². The molecule has 3 N–H and O–H groups in total. The summed E-state index contributed by atoms with van der Waals surface area (Å²) in [7, 11) is 1.96. The predicted molar refractivity (Wildman–Crippen MR) is 79.3 cm³/mol. The third-order valence-electron chi connectivity index (χ3n) is 3.34. The van der Waals surface area contributed by atoms with Gasteiger partial charge in [0.15, 0.2) is 0 Å². The number of rotatable bonds is 5. The molecule has 2 rings (SSSR count). The smallest absolute Gasteiger partial charge is 0.123 e. The van der Waals surface area contributed by atoms with Gasteiger partial charge < -0.3 is 15.7 Å². The third kappa shape index (κ3) is 3.71. The first-order chi connectivity index (χ1) is 9.56. The van der Waals surface area contributed by atoms with E-state index < -0.39 is 0 Å². The standard InChI is InChI=1S/C16H19FN2O/c1-19(14-5-7-15(20)8-6-14)10-9-16(18)12-3-2-4-13(17)11-12/h2-8,11,16,20H,9-10,18H2,1H3. The normalized spacial score (nSPS) is 12.2. The summed E-state index contributed by atoms with van der Waals surface area (Å²) in [6.07, 6.45) is 0.723. The maximum absolute atomic E-state index is 13.1. The van der Waals surface area contributed by atoms with Crippen molar-refractivity contribution < 1.29 is 9.50 Å². The van der Waals surface area contributed by atoms with E-state index in [1.54, 1.807) is 18.2 Å². The largest absolute Gasteiger partial charge is 0.508 e. The molecule has 1 unspecified atom stereocenters. The molecule has 20 heavy (non-hydrogen) atoms. The van der Waals surface area contributed by atoms with Crippen molar-refractivity contribution in [2.75, 3.05) is 18.5 Å². The first-order valence-electron chi connectivity index (χ1n) is 6.57. The minimum atomic E-state index is -0.259.